The molecule has 0 saturated carbocycles. The standard InChI is InChI=1S/C19H19ClN4OS/c1-13(14-6-4-3-5-7-14)24(2)12-17-22-23-19(26-17)18(25)21-16-10-8-15(20)9-11-16/h3-11,13H,12H2,1-2H3,(H,21,25). The first kappa shape index (κ1) is 18.5. The molecular weight excluding hydrogens is 368 g/mol. The van der Waals surface area contributed by atoms with E-state index in [0.29, 0.717) is 22.3 Å². The minimum atomic E-state index is -0.269. The van der Waals surface area contributed by atoms with Crippen LogP contribution in [-0.4, -0.2) is 28.1 Å². The number of nitrogens with zero attached hydrogens (tertiary/aromatic N) is 3. The van der Waals surface area contributed by atoms with Gasteiger partial charge in [-0.3, -0.25) is 9.69 Å². The minimum Gasteiger partial charge on any atom is -0.320 e. The number of hydrogen-bond acceptors (Lipinski definition) is 5. The van der Waals surface area contributed by atoms with E-state index in [1.54, 1.807) is 24.3 Å². The number of carbonyl (C=O) groups excluding carboxylic acids is 1. The molecule has 1 heterocycles. The molecule has 0 fully saturated rings. The third kappa shape index (κ3) is 4.66. The van der Waals surface area contributed by atoms with Gasteiger partial charge in [0, 0.05) is 16.8 Å². The van der Waals surface area contributed by atoms with E-state index in [0.717, 1.165) is 5.01 Å². The molecule has 134 valence electrons. The van der Waals surface area contributed by atoms with Crippen molar-refractivity contribution in [1.82, 2.24) is 15.1 Å². The normalized spacial score (nSPS) is 12.2. The van der Waals surface area contributed by atoms with E-state index in [9.17, 15) is 4.79 Å². The minimum absolute atomic E-state index is 0.242. The van der Waals surface area contributed by atoms with Gasteiger partial charge in [-0.2, -0.15) is 0 Å². The molecule has 1 atom stereocenters. The lowest BCUT2D eigenvalue weighted by Crippen LogP contribution is -2.21. The average Bonchev–Trinajstić information content (AvgIpc) is 3.12. The molecule has 0 aliphatic carbocycles. The van der Waals surface area contributed by atoms with Crippen LogP contribution >= 0.6 is 22.9 Å². The Morgan fingerprint density at radius 3 is 2.54 bits per heavy atom. The van der Waals surface area contributed by atoms with Gasteiger partial charge >= 0.3 is 0 Å². The van der Waals surface area contributed by atoms with Crippen molar-refractivity contribution in [2.24, 2.45) is 0 Å². The Morgan fingerprint density at radius 2 is 1.85 bits per heavy atom. The molecule has 3 rings (SSSR count). The van der Waals surface area contributed by atoms with Crippen LogP contribution in [0.4, 0.5) is 5.69 Å². The highest BCUT2D eigenvalue weighted by molar-refractivity contribution is 7.13. The van der Waals surface area contributed by atoms with Gasteiger partial charge in [-0.05, 0) is 43.8 Å². The van der Waals surface area contributed by atoms with Crippen LogP contribution in [0.3, 0.4) is 0 Å². The maximum Gasteiger partial charge on any atom is 0.286 e. The second-order valence-corrected chi connectivity index (χ2v) is 7.46. The van der Waals surface area contributed by atoms with Crippen LogP contribution in [-0.2, 0) is 6.54 Å². The quantitative estimate of drug-likeness (QED) is 0.670. The number of amides is 1. The average molecular weight is 387 g/mol. The molecule has 3 aromatic rings. The highest BCUT2D eigenvalue weighted by atomic mass is 35.5. The summed E-state index contributed by atoms with van der Waals surface area (Å²) in [5.74, 6) is -0.269. The zero-order valence-corrected chi connectivity index (χ0v) is 16.1. The molecule has 0 aliphatic rings. The predicted molar refractivity (Wildman–Crippen MR) is 106 cm³/mol. The van der Waals surface area contributed by atoms with Crippen molar-refractivity contribution in [2.45, 2.75) is 19.5 Å². The van der Waals surface area contributed by atoms with Crippen molar-refractivity contribution in [1.29, 1.82) is 0 Å². The number of benzene rings is 2. The molecule has 7 heteroatoms. The molecule has 0 saturated heterocycles. The number of halogens is 1. The lowest BCUT2D eigenvalue weighted by atomic mass is 10.1. The summed E-state index contributed by atoms with van der Waals surface area (Å²) in [6.45, 7) is 2.77. The summed E-state index contributed by atoms with van der Waals surface area (Å²) in [5.41, 5.74) is 1.91. The van der Waals surface area contributed by atoms with Crippen molar-refractivity contribution in [3.8, 4) is 0 Å². The lowest BCUT2D eigenvalue weighted by Gasteiger charge is -2.23. The van der Waals surface area contributed by atoms with E-state index >= 15 is 0 Å². The monoisotopic (exact) mass is 386 g/mol. The first-order chi connectivity index (χ1) is 12.5. The number of hydrogen-bond donors (Lipinski definition) is 1. The Labute approximate surface area is 161 Å². The van der Waals surface area contributed by atoms with Crippen LogP contribution in [0.5, 0.6) is 0 Å². The summed E-state index contributed by atoms with van der Waals surface area (Å²) in [6, 6.07) is 17.5. The first-order valence-corrected chi connectivity index (χ1v) is 9.37. The smallest absolute Gasteiger partial charge is 0.286 e. The molecular formula is C19H19ClN4OS. The van der Waals surface area contributed by atoms with Crippen molar-refractivity contribution >= 4 is 34.5 Å². The molecule has 0 spiro atoms. The summed E-state index contributed by atoms with van der Waals surface area (Å²) in [4.78, 5) is 14.5. The molecule has 0 aliphatic heterocycles. The fraction of sp³-hybridized carbons (Fsp3) is 0.211. The molecule has 26 heavy (non-hydrogen) atoms. The maximum absolute atomic E-state index is 12.3. The Hall–Kier alpha value is -2.28. The van der Waals surface area contributed by atoms with Gasteiger partial charge in [0.2, 0.25) is 5.01 Å². The van der Waals surface area contributed by atoms with Crippen molar-refractivity contribution in [2.75, 3.05) is 12.4 Å². The Kier molecular flexibility index (Phi) is 5.98. The first-order valence-electron chi connectivity index (χ1n) is 8.17. The summed E-state index contributed by atoms with van der Waals surface area (Å²) in [7, 11) is 2.03. The van der Waals surface area contributed by atoms with Crippen molar-refractivity contribution in [3.63, 3.8) is 0 Å². The van der Waals surface area contributed by atoms with Crippen molar-refractivity contribution < 1.29 is 4.79 Å². The molecule has 1 aromatic heterocycles. The molecule has 1 amide bonds. The van der Waals surface area contributed by atoms with E-state index in [2.05, 4.69) is 39.5 Å². The van der Waals surface area contributed by atoms with Crippen LogP contribution in [0.25, 0.3) is 0 Å². The fourth-order valence-electron chi connectivity index (χ4n) is 2.46. The zero-order chi connectivity index (χ0) is 18.5. The highest BCUT2D eigenvalue weighted by Gasteiger charge is 2.17. The molecule has 1 unspecified atom stereocenters. The lowest BCUT2D eigenvalue weighted by molar-refractivity contribution is 0.102. The number of rotatable bonds is 6. The second kappa shape index (κ2) is 8.40. The molecule has 5 nitrogen and oxygen atoms in total. The third-order valence-electron chi connectivity index (χ3n) is 4.09. The maximum atomic E-state index is 12.3. The van der Waals surface area contributed by atoms with E-state index in [-0.39, 0.29) is 11.9 Å². The van der Waals surface area contributed by atoms with E-state index in [4.69, 9.17) is 11.6 Å². The second-order valence-electron chi connectivity index (χ2n) is 5.96. The van der Waals surface area contributed by atoms with Crippen LogP contribution in [0.2, 0.25) is 5.02 Å². The van der Waals surface area contributed by atoms with Gasteiger partial charge in [0.05, 0.1) is 6.54 Å². The van der Waals surface area contributed by atoms with Crippen LogP contribution in [0.15, 0.2) is 54.6 Å². The summed E-state index contributed by atoms with van der Waals surface area (Å²) < 4.78 is 0. The molecule has 1 N–H and O–H groups in total. The van der Waals surface area contributed by atoms with Crippen LogP contribution < -0.4 is 5.32 Å². The number of aromatic nitrogens is 2. The third-order valence-corrected chi connectivity index (χ3v) is 5.25. The Balaban J connectivity index is 1.62. The molecule has 2 aromatic carbocycles. The van der Waals surface area contributed by atoms with E-state index in [1.165, 1.54) is 16.9 Å². The van der Waals surface area contributed by atoms with Gasteiger partial charge in [0.15, 0.2) is 0 Å². The Bertz CT molecular complexity index is 867. The summed E-state index contributed by atoms with van der Waals surface area (Å²) in [6.07, 6.45) is 0. The highest BCUT2D eigenvalue weighted by Crippen LogP contribution is 2.22. The number of anilines is 1. The van der Waals surface area contributed by atoms with Gasteiger partial charge in [0.25, 0.3) is 5.91 Å². The zero-order valence-electron chi connectivity index (χ0n) is 14.5. The number of nitrogens with one attached hydrogen (secondary N) is 1. The number of carbonyl (C=O) groups is 1. The fourth-order valence-corrected chi connectivity index (χ4v) is 3.39. The van der Waals surface area contributed by atoms with Gasteiger partial charge in [-0.1, -0.05) is 53.3 Å². The summed E-state index contributed by atoms with van der Waals surface area (Å²) >= 11 is 7.15. The van der Waals surface area contributed by atoms with Crippen LogP contribution in [0.1, 0.15) is 33.3 Å². The van der Waals surface area contributed by atoms with E-state index in [1.807, 2.05) is 25.2 Å². The Morgan fingerprint density at radius 1 is 1.15 bits per heavy atom. The van der Waals surface area contributed by atoms with Gasteiger partial charge in [-0.25, -0.2) is 0 Å². The molecule has 0 radical (unpaired) electrons. The topological polar surface area (TPSA) is 58.1 Å². The van der Waals surface area contributed by atoms with E-state index < -0.39 is 0 Å². The van der Waals surface area contributed by atoms with Crippen molar-refractivity contribution in [3.05, 3.63) is 75.2 Å². The summed E-state index contributed by atoms with van der Waals surface area (Å²) in [5, 5.41) is 12.7. The predicted octanol–water partition coefficient (Wildman–Crippen LogP) is 4.64. The van der Waals surface area contributed by atoms with Gasteiger partial charge < -0.3 is 5.32 Å². The van der Waals surface area contributed by atoms with Gasteiger partial charge in [0.1, 0.15) is 5.01 Å². The largest absolute Gasteiger partial charge is 0.320 e. The SMILES string of the molecule is CC(c1ccccc1)N(C)Cc1nnc(C(=O)Nc2ccc(Cl)cc2)s1. The van der Waals surface area contributed by atoms with Gasteiger partial charge in [-0.15, -0.1) is 10.2 Å². The molecule has 0 bridgehead atoms. The van der Waals surface area contributed by atoms with Crippen LogP contribution in [0, 0.1) is 0 Å².